The molecule has 2 heterocycles. The molecule has 4 nitrogen and oxygen atoms in total. The summed E-state index contributed by atoms with van der Waals surface area (Å²) in [5.41, 5.74) is 0. The maximum atomic E-state index is 12.7. The number of halogens is 1. The number of carbonyl (C=O) groups excluding carboxylic acids is 1. The molecule has 3 rings (SSSR count). The fourth-order valence-electron chi connectivity index (χ4n) is 3.80. The predicted molar refractivity (Wildman–Crippen MR) is 101 cm³/mol. The van der Waals surface area contributed by atoms with E-state index in [1.54, 1.807) is 0 Å². The summed E-state index contributed by atoms with van der Waals surface area (Å²) in [4.78, 5) is 17.2. The van der Waals surface area contributed by atoms with Gasteiger partial charge < -0.3 is 9.64 Å². The highest BCUT2D eigenvalue weighted by Crippen LogP contribution is 2.24. The highest BCUT2D eigenvalue weighted by Gasteiger charge is 2.28. The van der Waals surface area contributed by atoms with Crippen molar-refractivity contribution >= 4 is 17.5 Å². The summed E-state index contributed by atoms with van der Waals surface area (Å²) in [6.45, 7) is 5.41. The van der Waals surface area contributed by atoms with Gasteiger partial charge in [0.05, 0.1) is 5.02 Å². The van der Waals surface area contributed by atoms with E-state index >= 15 is 0 Å². The molecule has 0 radical (unpaired) electrons. The van der Waals surface area contributed by atoms with E-state index < -0.39 is 0 Å². The molecule has 0 aromatic heterocycles. The number of carbonyl (C=O) groups is 1. The highest BCUT2D eigenvalue weighted by molar-refractivity contribution is 6.32. The van der Waals surface area contributed by atoms with Gasteiger partial charge in [0, 0.05) is 25.6 Å². The minimum absolute atomic E-state index is 0.221. The summed E-state index contributed by atoms with van der Waals surface area (Å²) in [5.74, 6) is 1.36. The van der Waals surface area contributed by atoms with Crippen molar-refractivity contribution in [3.63, 3.8) is 0 Å². The number of benzene rings is 1. The fourth-order valence-corrected chi connectivity index (χ4v) is 3.99. The Balaban J connectivity index is 1.38. The summed E-state index contributed by atoms with van der Waals surface area (Å²) in [7, 11) is 0. The van der Waals surface area contributed by atoms with Crippen molar-refractivity contribution in [2.24, 2.45) is 5.92 Å². The lowest BCUT2D eigenvalue weighted by Crippen LogP contribution is -2.43. The lowest BCUT2D eigenvalue weighted by atomic mass is 9.95. The molecule has 138 valence electrons. The van der Waals surface area contributed by atoms with Crippen molar-refractivity contribution in [2.75, 3.05) is 39.3 Å². The van der Waals surface area contributed by atoms with Crippen LogP contribution in [0.5, 0.6) is 5.75 Å². The van der Waals surface area contributed by atoms with Gasteiger partial charge in [0.15, 0.2) is 0 Å². The minimum Gasteiger partial charge on any atom is -0.491 e. The number of amides is 1. The standard InChI is InChI=1S/C20H29ClN2O2/c21-18-7-3-4-8-19(18)25-16-15-22-13-9-17(10-14-22)20(24)23-11-5-1-2-6-12-23/h3-4,7-8,17H,1-2,5-6,9-16H2. The summed E-state index contributed by atoms with van der Waals surface area (Å²) >= 11 is 6.10. The van der Waals surface area contributed by atoms with Crippen molar-refractivity contribution in [2.45, 2.75) is 38.5 Å². The largest absolute Gasteiger partial charge is 0.491 e. The maximum Gasteiger partial charge on any atom is 0.225 e. The molecular formula is C20H29ClN2O2. The number of likely N-dealkylation sites (tertiary alicyclic amines) is 2. The zero-order chi connectivity index (χ0) is 17.5. The van der Waals surface area contributed by atoms with E-state index in [0.717, 1.165) is 51.3 Å². The molecule has 0 saturated carbocycles. The number of para-hydroxylation sites is 1. The van der Waals surface area contributed by atoms with Crippen molar-refractivity contribution in [1.29, 1.82) is 0 Å². The zero-order valence-electron chi connectivity index (χ0n) is 15.0. The van der Waals surface area contributed by atoms with Gasteiger partial charge in [-0.05, 0) is 50.9 Å². The third-order valence-corrected chi connectivity index (χ3v) is 5.67. The first-order chi connectivity index (χ1) is 12.2. The molecule has 0 unspecified atom stereocenters. The van der Waals surface area contributed by atoms with E-state index in [1.807, 2.05) is 24.3 Å². The molecule has 2 fully saturated rings. The van der Waals surface area contributed by atoms with Gasteiger partial charge in [-0.25, -0.2) is 0 Å². The Morgan fingerprint density at radius 3 is 2.40 bits per heavy atom. The van der Waals surface area contributed by atoms with E-state index in [9.17, 15) is 4.79 Å². The lowest BCUT2D eigenvalue weighted by molar-refractivity contribution is -0.137. The van der Waals surface area contributed by atoms with Crippen LogP contribution in [0.15, 0.2) is 24.3 Å². The van der Waals surface area contributed by atoms with Crippen LogP contribution in [0, 0.1) is 5.92 Å². The number of ether oxygens (including phenoxy) is 1. The first kappa shape index (κ1) is 18.5. The Morgan fingerprint density at radius 1 is 1.04 bits per heavy atom. The highest BCUT2D eigenvalue weighted by atomic mass is 35.5. The Morgan fingerprint density at radius 2 is 1.72 bits per heavy atom. The molecule has 0 aliphatic carbocycles. The average Bonchev–Trinajstić information content (AvgIpc) is 2.93. The Labute approximate surface area is 156 Å². The van der Waals surface area contributed by atoms with Crippen LogP contribution in [-0.4, -0.2) is 55.0 Å². The molecular weight excluding hydrogens is 336 g/mol. The Kier molecular flexibility index (Phi) is 7.00. The fraction of sp³-hybridized carbons (Fsp3) is 0.650. The molecule has 0 atom stereocenters. The van der Waals surface area contributed by atoms with Gasteiger partial charge in [0.2, 0.25) is 5.91 Å². The van der Waals surface area contributed by atoms with Crippen LogP contribution in [0.4, 0.5) is 0 Å². The third kappa shape index (κ3) is 5.35. The smallest absolute Gasteiger partial charge is 0.225 e. The number of hydrogen-bond acceptors (Lipinski definition) is 3. The van der Waals surface area contributed by atoms with Crippen LogP contribution < -0.4 is 4.74 Å². The molecule has 0 bridgehead atoms. The number of rotatable bonds is 5. The monoisotopic (exact) mass is 364 g/mol. The van der Waals surface area contributed by atoms with Crippen molar-refractivity contribution in [3.05, 3.63) is 29.3 Å². The second kappa shape index (κ2) is 9.44. The molecule has 1 aromatic carbocycles. The normalized spacial score (nSPS) is 20.3. The summed E-state index contributed by atoms with van der Waals surface area (Å²) in [5, 5.41) is 0.657. The molecule has 2 aliphatic heterocycles. The van der Waals surface area contributed by atoms with Gasteiger partial charge >= 0.3 is 0 Å². The van der Waals surface area contributed by atoms with Gasteiger partial charge in [0.1, 0.15) is 12.4 Å². The van der Waals surface area contributed by atoms with Crippen molar-refractivity contribution < 1.29 is 9.53 Å². The van der Waals surface area contributed by atoms with Crippen LogP contribution in [0.1, 0.15) is 38.5 Å². The van der Waals surface area contributed by atoms with Crippen LogP contribution in [0.2, 0.25) is 5.02 Å². The maximum absolute atomic E-state index is 12.7. The SMILES string of the molecule is O=C(C1CCN(CCOc2ccccc2Cl)CC1)N1CCCCCC1. The van der Waals surface area contributed by atoms with Gasteiger partial charge in [-0.2, -0.15) is 0 Å². The van der Waals surface area contributed by atoms with E-state index in [0.29, 0.717) is 17.5 Å². The van der Waals surface area contributed by atoms with Crippen LogP contribution in [0.25, 0.3) is 0 Å². The molecule has 5 heteroatoms. The Bertz CT molecular complexity index is 550. The van der Waals surface area contributed by atoms with E-state index in [-0.39, 0.29) is 5.92 Å². The van der Waals surface area contributed by atoms with Crippen molar-refractivity contribution in [1.82, 2.24) is 9.80 Å². The van der Waals surface area contributed by atoms with E-state index in [4.69, 9.17) is 16.3 Å². The molecule has 0 spiro atoms. The Hall–Kier alpha value is -1.26. The number of piperidine rings is 1. The summed E-state index contributed by atoms with van der Waals surface area (Å²) in [6.07, 6.45) is 6.83. The number of nitrogens with zero attached hydrogens (tertiary/aromatic N) is 2. The van der Waals surface area contributed by atoms with Crippen molar-refractivity contribution in [3.8, 4) is 5.75 Å². The number of hydrogen-bond donors (Lipinski definition) is 0. The average molecular weight is 365 g/mol. The second-order valence-corrected chi connectivity index (χ2v) is 7.54. The molecule has 2 saturated heterocycles. The molecule has 0 N–H and O–H groups in total. The first-order valence-electron chi connectivity index (χ1n) is 9.62. The van der Waals surface area contributed by atoms with Crippen LogP contribution in [0.3, 0.4) is 0 Å². The third-order valence-electron chi connectivity index (χ3n) is 5.36. The molecule has 1 aromatic rings. The quantitative estimate of drug-likeness (QED) is 0.795. The van der Waals surface area contributed by atoms with Crippen LogP contribution >= 0.6 is 11.6 Å². The molecule has 2 aliphatic rings. The summed E-state index contributed by atoms with van der Waals surface area (Å²) in [6, 6.07) is 7.58. The van der Waals surface area contributed by atoms with Gasteiger partial charge in [-0.15, -0.1) is 0 Å². The zero-order valence-corrected chi connectivity index (χ0v) is 15.7. The van der Waals surface area contributed by atoms with Gasteiger partial charge in [-0.3, -0.25) is 9.69 Å². The minimum atomic E-state index is 0.221. The lowest BCUT2D eigenvalue weighted by Gasteiger charge is -2.34. The van der Waals surface area contributed by atoms with E-state index in [2.05, 4.69) is 9.80 Å². The predicted octanol–water partition coefficient (Wildman–Crippen LogP) is 3.83. The topological polar surface area (TPSA) is 32.8 Å². The molecule has 1 amide bonds. The van der Waals surface area contributed by atoms with Crippen LogP contribution in [-0.2, 0) is 4.79 Å². The first-order valence-corrected chi connectivity index (χ1v) is 10.0. The second-order valence-electron chi connectivity index (χ2n) is 7.13. The van der Waals surface area contributed by atoms with Gasteiger partial charge in [-0.1, -0.05) is 36.6 Å². The summed E-state index contributed by atoms with van der Waals surface area (Å²) < 4.78 is 5.77. The van der Waals surface area contributed by atoms with E-state index in [1.165, 1.54) is 25.7 Å². The molecule has 25 heavy (non-hydrogen) atoms. The van der Waals surface area contributed by atoms with Gasteiger partial charge in [0.25, 0.3) is 0 Å².